The average molecular weight is 726 g/mol. The summed E-state index contributed by atoms with van der Waals surface area (Å²) >= 11 is 0. The smallest absolute Gasteiger partial charge is 0.0468 e. The van der Waals surface area contributed by atoms with Crippen molar-refractivity contribution < 1.29 is 0 Å². The molecule has 0 aliphatic carbocycles. The molecule has 0 N–H and O–H groups in total. The Hall–Kier alpha value is -7.48. The number of benzene rings is 10. The second-order valence-corrected chi connectivity index (χ2v) is 14.5. The molecule has 1 nitrogen and oxygen atoms in total. The highest BCUT2D eigenvalue weighted by Crippen LogP contribution is 2.44. The second-order valence-electron chi connectivity index (χ2n) is 14.5. The number of hydrogen-bond donors (Lipinski definition) is 0. The Bertz CT molecular complexity index is 2990. The van der Waals surface area contributed by atoms with Crippen molar-refractivity contribution in [1.29, 1.82) is 0 Å². The second kappa shape index (κ2) is 15.0. The lowest BCUT2D eigenvalue weighted by Crippen LogP contribution is -2.10. The molecule has 0 heterocycles. The van der Waals surface area contributed by atoms with Gasteiger partial charge in [0.05, 0.1) is 0 Å². The summed E-state index contributed by atoms with van der Waals surface area (Å²) < 4.78 is 0. The van der Waals surface area contributed by atoms with Crippen molar-refractivity contribution in [1.82, 2.24) is 0 Å². The van der Waals surface area contributed by atoms with Gasteiger partial charge in [-0.1, -0.05) is 200 Å². The molecular weight excluding hydrogens is 687 g/mol. The van der Waals surface area contributed by atoms with Crippen LogP contribution in [0.3, 0.4) is 0 Å². The number of anilines is 3. The molecule has 1 heteroatoms. The largest absolute Gasteiger partial charge is 0.310 e. The Labute approximate surface area is 334 Å². The van der Waals surface area contributed by atoms with E-state index in [4.69, 9.17) is 0 Å². The SMILES string of the molecule is c1ccc(-c2ccc(N(c3ccc(-c4ccccc4-c4ccccc4-c4ccccc4)cc3)c3ccc4ccc5ccccc5c4c3)cc2-c2ccccc2)cc1. The van der Waals surface area contributed by atoms with E-state index in [1.165, 1.54) is 77.2 Å². The summed E-state index contributed by atoms with van der Waals surface area (Å²) in [5.41, 5.74) is 15.3. The van der Waals surface area contributed by atoms with Crippen molar-refractivity contribution in [3.05, 3.63) is 237 Å². The minimum Gasteiger partial charge on any atom is -0.310 e. The summed E-state index contributed by atoms with van der Waals surface area (Å²) in [6.45, 7) is 0. The van der Waals surface area contributed by atoms with Crippen LogP contribution in [0.15, 0.2) is 237 Å². The molecule has 0 aromatic heterocycles. The van der Waals surface area contributed by atoms with Gasteiger partial charge in [0.25, 0.3) is 0 Å². The molecular formula is C56H39N. The minimum absolute atomic E-state index is 1.09. The Morgan fingerprint density at radius 1 is 0.211 bits per heavy atom. The Kier molecular flexibility index (Phi) is 8.95. The number of nitrogens with zero attached hydrogens (tertiary/aromatic N) is 1. The fourth-order valence-corrected chi connectivity index (χ4v) is 8.32. The Morgan fingerprint density at radius 3 is 1.19 bits per heavy atom. The molecule has 0 saturated carbocycles. The molecule has 0 aliphatic heterocycles. The van der Waals surface area contributed by atoms with Crippen molar-refractivity contribution >= 4 is 38.6 Å². The molecule has 268 valence electrons. The number of fused-ring (bicyclic) bond motifs is 3. The van der Waals surface area contributed by atoms with Gasteiger partial charge in [-0.15, -0.1) is 0 Å². The van der Waals surface area contributed by atoms with Gasteiger partial charge in [-0.25, -0.2) is 0 Å². The first-order valence-corrected chi connectivity index (χ1v) is 19.6. The van der Waals surface area contributed by atoms with Gasteiger partial charge in [0.2, 0.25) is 0 Å². The van der Waals surface area contributed by atoms with E-state index in [1.807, 2.05) is 0 Å². The maximum absolute atomic E-state index is 2.41. The van der Waals surface area contributed by atoms with Crippen molar-refractivity contribution in [3.63, 3.8) is 0 Å². The van der Waals surface area contributed by atoms with E-state index in [2.05, 4.69) is 241 Å². The molecule has 10 rings (SSSR count). The zero-order chi connectivity index (χ0) is 38.0. The minimum atomic E-state index is 1.09. The van der Waals surface area contributed by atoms with Crippen molar-refractivity contribution in [2.45, 2.75) is 0 Å². The van der Waals surface area contributed by atoms with E-state index in [9.17, 15) is 0 Å². The summed E-state index contributed by atoms with van der Waals surface area (Å²) in [5, 5.41) is 4.96. The first-order valence-electron chi connectivity index (χ1n) is 19.6. The quantitative estimate of drug-likeness (QED) is 0.141. The molecule has 0 amide bonds. The number of rotatable bonds is 8. The first kappa shape index (κ1) is 34.0. The maximum Gasteiger partial charge on any atom is 0.0468 e. The van der Waals surface area contributed by atoms with E-state index in [0.717, 1.165) is 17.1 Å². The molecule has 0 aliphatic rings. The molecule has 0 fully saturated rings. The van der Waals surface area contributed by atoms with E-state index in [1.54, 1.807) is 0 Å². The van der Waals surface area contributed by atoms with Crippen LogP contribution in [0.2, 0.25) is 0 Å². The third-order valence-corrected chi connectivity index (χ3v) is 11.1. The van der Waals surface area contributed by atoms with Gasteiger partial charge in [-0.2, -0.15) is 0 Å². The van der Waals surface area contributed by atoms with Gasteiger partial charge in [0.1, 0.15) is 0 Å². The maximum atomic E-state index is 2.41. The number of hydrogen-bond acceptors (Lipinski definition) is 1. The van der Waals surface area contributed by atoms with Crippen LogP contribution in [0.5, 0.6) is 0 Å². The highest BCUT2D eigenvalue weighted by Gasteiger charge is 2.19. The summed E-state index contributed by atoms with van der Waals surface area (Å²) in [6, 6.07) is 85.6. The Balaban J connectivity index is 1.14. The van der Waals surface area contributed by atoms with Crippen LogP contribution in [0.25, 0.3) is 77.2 Å². The lowest BCUT2D eigenvalue weighted by molar-refractivity contribution is 1.29. The van der Waals surface area contributed by atoms with Crippen LogP contribution in [-0.4, -0.2) is 0 Å². The highest BCUT2D eigenvalue weighted by atomic mass is 15.1. The van der Waals surface area contributed by atoms with Gasteiger partial charge in [0.15, 0.2) is 0 Å². The van der Waals surface area contributed by atoms with Crippen LogP contribution in [0, 0.1) is 0 Å². The van der Waals surface area contributed by atoms with Gasteiger partial charge < -0.3 is 4.90 Å². The predicted molar refractivity (Wildman–Crippen MR) is 243 cm³/mol. The molecule has 0 bridgehead atoms. The topological polar surface area (TPSA) is 3.24 Å². The highest BCUT2D eigenvalue weighted by molar-refractivity contribution is 6.09. The van der Waals surface area contributed by atoms with E-state index in [0.29, 0.717) is 0 Å². The third-order valence-electron chi connectivity index (χ3n) is 11.1. The monoisotopic (exact) mass is 725 g/mol. The average Bonchev–Trinajstić information content (AvgIpc) is 3.30. The summed E-state index contributed by atoms with van der Waals surface area (Å²) in [5.74, 6) is 0. The van der Waals surface area contributed by atoms with E-state index >= 15 is 0 Å². The summed E-state index contributed by atoms with van der Waals surface area (Å²) in [7, 11) is 0. The molecule has 0 spiro atoms. The molecule has 10 aromatic carbocycles. The lowest BCUT2D eigenvalue weighted by Gasteiger charge is -2.27. The van der Waals surface area contributed by atoms with E-state index in [-0.39, 0.29) is 0 Å². The molecule has 0 radical (unpaired) electrons. The van der Waals surface area contributed by atoms with Crippen molar-refractivity contribution in [2.24, 2.45) is 0 Å². The normalized spacial score (nSPS) is 11.2. The van der Waals surface area contributed by atoms with Gasteiger partial charge in [-0.05, 0) is 114 Å². The predicted octanol–water partition coefficient (Wildman–Crippen LogP) is 15.8. The summed E-state index contributed by atoms with van der Waals surface area (Å²) in [6.07, 6.45) is 0. The van der Waals surface area contributed by atoms with Crippen LogP contribution < -0.4 is 4.90 Å². The molecule has 0 saturated heterocycles. The molecule has 0 atom stereocenters. The van der Waals surface area contributed by atoms with E-state index < -0.39 is 0 Å². The summed E-state index contributed by atoms with van der Waals surface area (Å²) in [4.78, 5) is 2.41. The fraction of sp³-hybridized carbons (Fsp3) is 0. The lowest BCUT2D eigenvalue weighted by atomic mass is 9.89. The van der Waals surface area contributed by atoms with Crippen LogP contribution >= 0.6 is 0 Å². The first-order chi connectivity index (χ1) is 28.3. The van der Waals surface area contributed by atoms with Crippen LogP contribution in [-0.2, 0) is 0 Å². The van der Waals surface area contributed by atoms with Crippen molar-refractivity contribution in [2.75, 3.05) is 4.90 Å². The molecule has 0 unspecified atom stereocenters. The Morgan fingerprint density at radius 2 is 0.596 bits per heavy atom. The fourth-order valence-electron chi connectivity index (χ4n) is 8.32. The van der Waals surface area contributed by atoms with Gasteiger partial charge in [0, 0.05) is 17.1 Å². The van der Waals surface area contributed by atoms with Crippen LogP contribution in [0.1, 0.15) is 0 Å². The van der Waals surface area contributed by atoms with Crippen LogP contribution in [0.4, 0.5) is 17.1 Å². The zero-order valence-electron chi connectivity index (χ0n) is 31.5. The van der Waals surface area contributed by atoms with Gasteiger partial charge in [-0.3, -0.25) is 0 Å². The van der Waals surface area contributed by atoms with Crippen molar-refractivity contribution in [3.8, 4) is 55.6 Å². The zero-order valence-corrected chi connectivity index (χ0v) is 31.5. The molecule has 57 heavy (non-hydrogen) atoms. The third kappa shape index (κ3) is 6.56. The standard InChI is InChI=1S/C56H39N/c1-4-16-40(17-5-1)49-23-12-14-26-53(49)54-27-15-13-24-50(54)44-30-33-46(34-31-44)57(47-35-32-45-29-28-43-22-10-11-25-51(43)56(45)38-47)48-36-37-52(41-18-6-2-7-19-41)55(39-48)42-20-8-3-9-21-42/h1-39H. The molecule has 10 aromatic rings. The van der Waals surface area contributed by atoms with Gasteiger partial charge >= 0.3 is 0 Å².